The second-order valence-electron chi connectivity index (χ2n) is 7.05. The summed E-state index contributed by atoms with van der Waals surface area (Å²) in [5.74, 6) is 0.281. The molecule has 0 radical (unpaired) electrons. The van der Waals surface area contributed by atoms with E-state index in [4.69, 9.17) is 4.74 Å². The van der Waals surface area contributed by atoms with Crippen LogP contribution in [0.2, 0.25) is 0 Å². The van der Waals surface area contributed by atoms with Gasteiger partial charge in [0.1, 0.15) is 12.1 Å². The minimum atomic E-state index is -0.483. The van der Waals surface area contributed by atoms with Crippen molar-refractivity contribution in [2.75, 3.05) is 20.1 Å². The van der Waals surface area contributed by atoms with E-state index in [0.717, 1.165) is 18.5 Å². The Hall–Kier alpha value is -2.50. The molecule has 0 aliphatic rings. The first-order chi connectivity index (χ1) is 11.8. The van der Waals surface area contributed by atoms with Gasteiger partial charge < -0.3 is 20.4 Å². The van der Waals surface area contributed by atoms with Crippen molar-refractivity contribution in [1.82, 2.24) is 15.6 Å². The quantitative estimate of drug-likeness (QED) is 0.442. The summed E-state index contributed by atoms with van der Waals surface area (Å²) in [4.78, 5) is 19.2. The molecule has 2 aromatic rings. The number of carbonyl (C=O) groups is 1. The summed E-state index contributed by atoms with van der Waals surface area (Å²) in [7, 11) is 1.68. The lowest BCUT2D eigenvalue weighted by atomic mass is 10.1. The van der Waals surface area contributed by atoms with Crippen molar-refractivity contribution in [3.63, 3.8) is 0 Å². The Labute approximate surface area is 149 Å². The van der Waals surface area contributed by atoms with E-state index in [-0.39, 0.29) is 12.5 Å². The Morgan fingerprint density at radius 3 is 2.72 bits per heavy atom. The summed E-state index contributed by atoms with van der Waals surface area (Å²) in [5.41, 5.74) is 3.17. The number of aromatic amines is 1. The lowest BCUT2D eigenvalue weighted by molar-refractivity contribution is -0.153. The molecule has 1 aromatic carbocycles. The van der Waals surface area contributed by atoms with Gasteiger partial charge in [-0.1, -0.05) is 12.1 Å². The highest BCUT2D eigenvalue weighted by atomic mass is 16.6. The number of guanidine groups is 1. The van der Waals surface area contributed by atoms with E-state index in [1.165, 1.54) is 16.5 Å². The van der Waals surface area contributed by atoms with Crippen molar-refractivity contribution in [2.45, 2.75) is 39.7 Å². The standard InChI is InChI=1S/C19H28N4O2/c1-13-6-7-15-14(11-22-16(15)10-13)8-9-21-18(20-5)23-12-17(24)25-19(2,3)4/h6-7,10-11,22H,8-9,12H2,1-5H3,(H2,20,21,23). The number of hydrogen-bond acceptors (Lipinski definition) is 3. The molecule has 6 heteroatoms. The fourth-order valence-corrected chi connectivity index (χ4v) is 2.58. The number of hydrogen-bond donors (Lipinski definition) is 3. The van der Waals surface area contributed by atoms with Crippen LogP contribution in [0.4, 0.5) is 0 Å². The molecule has 0 saturated carbocycles. The van der Waals surface area contributed by atoms with E-state index in [0.29, 0.717) is 5.96 Å². The van der Waals surface area contributed by atoms with E-state index in [9.17, 15) is 4.79 Å². The Bertz CT molecular complexity index is 756. The number of esters is 1. The average Bonchev–Trinajstić information content (AvgIpc) is 2.91. The lowest BCUT2D eigenvalue weighted by Gasteiger charge is -2.20. The van der Waals surface area contributed by atoms with Gasteiger partial charge in [-0.05, 0) is 51.3 Å². The number of carbonyl (C=O) groups excluding carboxylic acids is 1. The van der Waals surface area contributed by atoms with E-state index < -0.39 is 5.60 Å². The molecule has 1 heterocycles. The second kappa shape index (κ2) is 8.05. The van der Waals surface area contributed by atoms with Gasteiger partial charge in [-0.15, -0.1) is 0 Å². The largest absolute Gasteiger partial charge is 0.459 e. The first kappa shape index (κ1) is 18.8. The number of aryl methyl sites for hydroxylation is 1. The fourth-order valence-electron chi connectivity index (χ4n) is 2.58. The number of nitrogens with one attached hydrogen (secondary N) is 3. The van der Waals surface area contributed by atoms with Gasteiger partial charge >= 0.3 is 5.97 Å². The summed E-state index contributed by atoms with van der Waals surface area (Å²) in [6.45, 7) is 8.43. The van der Waals surface area contributed by atoms with Crippen LogP contribution in [0.3, 0.4) is 0 Å². The van der Waals surface area contributed by atoms with Crippen LogP contribution in [0.25, 0.3) is 10.9 Å². The highest BCUT2D eigenvalue weighted by Gasteiger charge is 2.16. The fraction of sp³-hybridized carbons (Fsp3) is 0.474. The molecule has 2 rings (SSSR count). The van der Waals surface area contributed by atoms with Crippen LogP contribution >= 0.6 is 0 Å². The Kier molecular flexibility index (Phi) is 6.07. The van der Waals surface area contributed by atoms with E-state index in [2.05, 4.69) is 45.7 Å². The van der Waals surface area contributed by atoms with E-state index in [1.807, 2.05) is 27.0 Å². The number of nitrogens with zero attached hydrogens (tertiary/aromatic N) is 1. The Morgan fingerprint density at radius 2 is 2.04 bits per heavy atom. The molecule has 0 fully saturated rings. The minimum absolute atomic E-state index is 0.0866. The molecule has 0 amide bonds. The van der Waals surface area contributed by atoms with Gasteiger partial charge in [0.25, 0.3) is 0 Å². The zero-order chi connectivity index (χ0) is 18.4. The summed E-state index contributed by atoms with van der Waals surface area (Å²) >= 11 is 0. The summed E-state index contributed by atoms with van der Waals surface area (Å²) in [5, 5.41) is 7.43. The van der Waals surface area contributed by atoms with Crippen LogP contribution in [0, 0.1) is 6.92 Å². The third-order valence-electron chi connectivity index (χ3n) is 3.65. The smallest absolute Gasteiger partial charge is 0.325 e. The van der Waals surface area contributed by atoms with Crippen LogP contribution in [0.1, 0.15) is 31.9 Å². The molecule has 0 spiro atoms. The highest BCUT2D eigenvalue weighted by Crippen LogP contribution is 2.19. The van der Waals surface area contributed by atoms with Crippen molar-refractivity contribution in [3.8, 4) is 0 Å². The van der Waals surface area contributed by atoms with Gasteiger partial charge in [-0.25, -0.2) is 0 Å². The maximum Gasteiger partial charge on any atom is 0.325 e. The molecule has 6 nitrogen and oxygen atoms in total. The predicted molar refractivity (Wildman–Crippen MR) is 102 cm³/mol. The van der Waals surface area contributed by atoms with Crippen molar-refractivity contribution >= 4 is 22.8 Å². The monoisotopic (exact) mass is 344 g/mol. The highest BCUT2D eigenvalue weighted by molar-refractivity contribution is 5.85. The Morgan fingerprint density at radius 1 is 1.28 bits per heavy atom. The molecule has 1 aromatic heterocycles. The molecule has 0 saturated heterocycles. The third kappa shape index (κ3) is 5.81. The van der Waals surface area contributed by atoms with Gasteiger partial charge in [0.2, 0.25) is 0 Å². The molecule has 0 bridgehead atoms. The van der Waals surface area contributed by atoms with Gasteiger partial charge in [0.15, 0.2) is 5.96 Å². The predicted octanol–water partition coefficient (Wildman–Crippen LogP) is 2.53. The van der Waals surface area contributed by atoms with Crippen LogP contribution in [-0.4, -0.2) is 42.7 Å². The summed E-state index contributed by atoms with van der Waals surface area (Å²) < 4.78 is 5.27. The van der Waals surface area contributed by atoms with Crippen molar-refractivity contribution < 1.29 is 9.53 Å². The third-order valence-corrected chi connectivity index (χ3v) is 3.65. The first-order valence-corrected chi connectivity index (χ1v) is 8.51. The van der Waals surface area contributed by atoms with Gasteiger partial charge in [0.05, 0.1) is 0 Å². The van der Waals surface area contributed by atoms with Crippen molar-refractivity contribution in [3.05, 3.63) is 35.5 Å². The van der Waals surface area contributed by atoms with Gasteiger partial charge in [-0.3, -0.25) is 9.79 Å². The molecule has 0 atom stereocenters. The molecule has 0 aliphatic heterocycles. The van der Waals surface area contributed by atoms with Crippen LogP contribution in [0.15, 0.2) is 29.4 Å². The number of fused-ring (bicyclic) bond motifs is 1. The molecule has 0 aliphatic carbocycles. The number of benzene rings is 1. The summed E-state index contributed by atoms with van der Waals surface area (Å²) in [6.07, 6.45) is 2.90. The summed E-state index contributed by atoms with van der Waals surface area (Å²) in [6, 6.07) is 6.41. The normalized spacial score (nSPS) is 12.3. The van der Waals surface area contributed by atoms with Crippen LogP contribution < -0.4 is 10.6 Å². The van der Waals surface area contributed by atoms with Gasteiger partial charge in [0, 0.05) is 30.7 Å². The zero-order valence-corrected chi connectivity index (χ0v) is 15.7. The zero-order valence-electron chi connectivity index (χ0n) is 15.7. The van der Waals surface area contributed by atoms with Gasteiger partial charge in [-0.2, -0.15) is 0 Å². The van der Waals surface area contributed by atoms with Crippen LogP contribution in [-0.2, 0) is 16.0 Å². The molecule has 0 unspecified atom stereocenters. The topological polar surface area (TPSA) is 78.5 Å². The van der Waals surface area contributed by atoms with Crippen molar-refractivity contribution in [1.29, 1.82) is 0 Å². The van der Waals surface area contributed by atoms with Crippen LogP contribution in [0.5, 0.6) is 0 Å². The molecule has 3 N–H and O–H groups in total. The first-order valence-electron chi connectivity index (χ1n) is 8.51. The minimum Gasteiger partial charge on any atom is -0.459 e. The average molecular weight is 344 g/mol. The number of H-pyrrole nitrogens is 1. The maximum atomic E-state index is 11.7. The lowest BCUT2D eigenvalue weighted by Crippen LogP contribution is -2.42. The Balaban J connectivity index is 1.82. The molecular formula is C19H28N4O2. The number of aromatic nitrogens is 1. The second-order valence-corrected chi connectivity index (χ2v) is 7.05. The van der Waals surface area contributed by atoms with Crippen molar-refractivity contribution in [2.24, 2.45) is 4.99 Å². The number of ether oxygens (including phenoxy) is 1. The number of aliphatic imine (C=N–C) groups is 1. The maximum absolute atomic E-state index is 11.7. The van der Waals surface area contributed by atoms with E-state index >= 15 is 0 Å². The SMILES string of the molecule is CN=C(NCCc1c[nH]c2cc(C)ccc12)NCC(=O)OC(C)(C)C. The number of rotatable bonds is 5. The molecule has 136 valence electrons. The molecule has 25 heavy (non-hydrogen) atoms. The van der Waals surface area contributed by atoms with E-state index in [1.54, 1.807) is 7.05 Å². The molecular weight excluding hydrogens is 316 g/mol.